The summed E-state index contributed by atoms with van der Waals surface area (Å²) in [6.07, 6.45) is 6.03. The summed E-state index contributed by atoms with van der Waals surface area (Å²) in [6, 6.07) is 10.5. The number of rotatable bonds is 8. The van der Waals surface area contributed by atoms with Crippen molar-refractivity contribution in [2.24, 2.45) is 4.99 Å². The van der Waals surface area contributed by atoms with Gasteiger partial charge in [-0.05, 0) is 54.3 Å². The molecule has 0 radical (unpaired) electrons. The van der Waals surface area contributed by atoms with Crippen molar-refractivity contribution in [1.82, 2.24) is 10.6 Å². The number of aliphatic imine (C=N–C) groups is 1. The highest BCUT2D eigenvalue weighted by Gasteiger charge is 2.07. The van der Waals surface area contributed by atoms with Crippen LogP contribution in [0, 0.1) is 25.1 Å². The Bertz CT molecular complexity index is 859. The van der Waals surface area contributed by atoms with E-state index in [2.05, 4.69) is 21.5 Å². The molecule has 2 aromatic rings. The van der Waals surface area contributed by atoms with Crippen LogP contribution in [0.5, 0.6) is 11.5 Å². The molecule has 28 heavy (non-hydrogen) atoms. The van der Waals surface area contributed by atoms with Crippen LogP contribution in [0.3, 0.4) is 0 Å². The van der Waals surface area contributed by atoms with Crippen molar-refractivity contribution >= 4 is 5.96 Å². The van der Waals surface area contributed by atoms with Gasteiger partial charge in [0.25, 0.3) is 0 Å². The van der Waals surface area contributed by atoms with E-state index in [0.29, 0.717) is 30.5 Å². The lowest BCUT2D eigenvalue weighted by atomic mass is 10.1. The van der Waals surface area contributed by atoms with Gasteiger partial charge in [-0.3, -0.25) is 4.99 Å². The quantitative estimate of drug-likeness (QED) is 0.418. The number of methoxy groups -OCH3 is 1. The molecule has 0 fully saturated rings. The number of hydrogen-bond acceptors (Lipinski definition) is 3. The highest BCUT2D eigenvalue weighted by atomic mass is 19.1. The topological polar surface area (TPSA) is 54.9 Å². The Morgan fingerprint density at radius 3 is 2.68 bits per heavy atom. The molecule has 0 saturated heterocycles. The first kappa shape index (κ1) is 21.1. The molecular weight excluding hydrogens is 357 g/mol. The fourth-order valence-corrected chi connectivity index (χ4v) is 2.73. The van der Waals surface area contributed by atoms with Gasteiger partial charge in [0.15, 0.2) is 17.5 Å². The summed E-state index contributed by atoms with van der Waals surface area (Å²) in [7, 11) is 3.30. The Labute approximate surface area is 166 Å². The zero-order chi connectivity index (χ0) is 20.4. The van der Waals surface area contributed by atoms with Crippen molar-refractivity contribution < 1.29 is 13.9 Å². The SMILES string of the molecule is C#CCOc1cc(CNC(=NC)NCCc2ccc(F)cc2C)ccc1OC. The number of nitrogens with zero attached hydrogens (tertiary/aromatic N) is 1. The van der Waals surface area contributed by atoms with E-state index in [0.717, 1.165) is 23.1 Å². The third-order valence-electron chi connectivity index (χ3n) is 4.21. The minimum absolute atomic E-state index is 0.180. The van der Waals surface area contributed by atoms with E-state index in [9.17, 15) is 4.39 Å². The first-order valence-electron chi connectivity index (χ1n) is 9.00. The van der Waals surface area contributed by atoms with Gasteiger partial charge in [0.2, 0.25) is 0 Å². The van der Waals surface area contributed by atoms with Crippen LogP contribution in [0.25, 0.3) is 0 Å². The van der Waals surface area contributed by atoms with Crippen molar-refractivity contribution in [3.8, 4) is 23.8 Å². The van der Waals surface area contributed by atoms with Gasteiger partial charge in [0, 0.05) is 20.1 Å². The van der Waals surface area contributed by atoms with E-state index in [1.807, 2.05) is 31.2 Å². The van der Waals surface area contributed by atoms with E-state index in [1.54, 1.807) is 20.2 Å². The van der Waals surface area contributed by atoms with Crippen molar-refractivity contribution in [3.05, 3.63) is 58.9 Å². The Kier molecular flexibility index (Phi) is 8.16. The third kappa shape index (κ3) is 6.20. The predicted octanol–water partition coefficient (Wildman–Crippen LogP) is 3.06. The molecule has 0 bridgehead atoms. The van der Waals surface area contributed by atoms with Crippen molar-refractivity contribution in [1.29, 1.82) is 0 Å². The first-order chi connectivity index (χ1) is 13.6. The lowest BCUT2D eigenvalue weighted by molar-refractivity contribution is 0.330. The molecule has 0 aliphatic rings. The standard InChI is InChI=1S/C22H26FN3O2/c1-5-12-28-21-14-17(6-9-20(21)27-4)15-26-22(24-3)25-11-10-18-7-8-19(23)13-16(18)2/h1,6-9,13-14H,10-12,15H2,2-4H3,(H2,24,25,26). The third-order valence-corrected chi connectivity index (χ3v) is 4.21. The van der Waals surface area contributed by atoms with Gasteiger partial charge < -0.3 is 20.1 Å². The van der Waals surface area contributed by atoms with Crippen LogP contribution in [0.15, 0.2) is 41.4 Å². The van der Waals surface area contributed by atoms with E-state index >= 15 is 0 Å². The van der Waals surface area contributed by atoms with E-state index in [-0.39, 0.29) is 12.4 Å². The fraction of sp³-hybridized carbons (Fsp3) is 0.318. The van der Waals surface area contributed by atoms with Crippen LogP contribution in [-0.2, 0) is 13.0 Å². The number of aryl methyl sites for hydroxylation is 1. The van der Waals surface area contributed by atoms with Crippen molar-refractivity contribution in [3.63, 3.8) is 0 Å². The number of terminal acetylenes is 1. The Morgan fingerprint density at radius 2 is 2.00 bits per heavy atom. The van der Waals surface area contributed by atoms with Crippen LogP contribution >= 0.6 is 0 Å². The highest BCUT2D eigenvalue weighted by molar-refractivity contribution is 5.79. The number of benzene rings is 2. The first-order valence-corrected chi connectivity index (χ1v) is 9.00. The summed E-state index contributed by atoms with van der Waals surface area (Å²) in [5.74, 6) is 4.16. The second-order valence-corrected chi connectivity index (χ2v) is 6.15. The van der Waals surface area contributed by atoms with Gasteiger partial charge in [-0.2, -0.15) is 0 Å². The van der Waals surface area contributed by atoms with Gasteiger partial charge >= 0.3 is 0 Å². The van der Waals surface area contributed by atoms with Crippen LogP contribution in [-0.4, -0.2) is 33.3 Å². The molecule has 6 heteroatoms. The molecule has 148 valence electrons. The normalized spacial score (nSPS) is 10.9. The monoisotopic (exact) mass is 383 g/mol. The van der Waals surface area contributed by atoms with Crippen LogP contribution in [0.4, 0.5) is 4.39 Å². The second kappa shape index (κ2) is 10.8. The number of hydrogen-bond donors (Lipinski definition) is 2. The fourth-order valence-electron chi connectivity index (χ4n) is 2.73. The molecule has 0 unspecified atom stereocenters. The van der Waals surface area contributed by atoms with E-state index < -0.39 is 0 Å². The van der Waals surface area contributed by atoms with Gasteiger partial charge in [-0.15, -0.1) is 6.42 Å². The zero-order valence-electron chi connectivity index (χ0n) is 16.5. The number of halogens is 1. The maximum Gasteiger partial charge on any atom is 0.191 e. The molecule has 0 atom stereocenters. The second-order valence-electron chi connectivity index (χ2n) is 6.15. The predicted molar refractivity (Wildman–Crippen MR) is 110 cm³/mol. The molecule has 5 nitrogen and oxygen atoms in total. The Balaban J connectivity index is 1.88. The maximum absolute atomic E-state index is 13.2. The average Bonchev–Trinajstić information content (AvgIpc) is 2.70. The lowest BCUT2D eigenvalue weighted by Crippen LogP contribution is -2.37. The summed E-state index contributed by atoms with van der Waals surface area (Å²) in [5.41, 5.74) is 3.06. The lowest BCUT2D eigenvalue weighted by Gasteiger charge is -2.14. The summed E-state index contributed by atoms with van der Waals surface area (Å²) in [4.78, 5) is 4.23. The summed E-state index contributed by atoms with van der Waals surface area (Å²) < 4.78 is 24.0. The Morgan fingerprint density at radius 1 is 1.18 bits per heavy atom. The Hall–Kier alpha value is -3.20. The highest BCUT2D eigenvalue weighted by Crippen LogP contribution is 2.27. The van der Waals surface area contributed by atoms with Gasteiger partial charge in [0.05, 0.1) is 7.11 Å². The average molecular weight is 383 g/mol. The van der Waals surface area contributed by atoms with Gasteiger partial charge in [0.1, 0.15) is 12.4 Å². The van der Waals surface area contributed by atoms with Crippen LogP contribution in [0.2, 0.25) is 0 Å². The van der Waals surface area contributed by atoms with Crippen LogP contribution < -0.4 is 20.1 Å². The molecule has 0 aliphatic heterocycles. The molecular formula is C22H26FN3O2. The number of nitrogens with one attached hydrogen (secondary N) is 2. The smallest absolute Gasteiger partial charge is 0.191 e. The minimum Gasteiger partial charge on any atom is -0.493 e. The summed E-state index contributed by atoms with van der Waals surface area (Å²) >= 11 is 0. The number of guanidine groups is 1. The molecule has 0 heterocycles. The maximum atomic E-state index is 13.2. The van der Waals surface area contributed by atoms with Gasteiger partial charge in [-0.1, -0.05) is 18.1 Å². The molecule has 0 aliphatic carbocycles. The minimum atomic E-state index is -0.211. The summed E-state index contributed by atoms with van der Waals surface area (Å²) in [6.45, 7) is 3.34. The van der Waals surface area contributed by atoms with E-state index in [1.165, 1.54) is 6.07 Å². The number of ether oxygens (including phenoxy) is 2. The largest absolute Gasteiger partial charge is 0.493 e. The molecule has 0 aromatic heterocycles. The zero-order valence-corrected chi connectivity index (χ0v) is 16.5. The van der Waals surface area contributed by atoms with Crippen molar-refractivity contribution in [2.45, 2.75) is 19.9 Å². The van der Waals surface area contributed by atoms with E-state index in [4.69, 9.17) is 15.9 Å². The van der Waals surface area contributed by atoms with Crippen LogP contribution in [0.1, 0.15) is 16.7 Å². The molecule has 2 aromatic carbocycles. The summed E-state index contributed by atoms with van der Waals surface area (Å²) in [5, 5.41) is 6.52. The molecule has 2 rings (SSSR count). The molecule has 0 amide bonds. The molecule has 2 N–H and O–H groups in total. The molecule has 0 spiro atoms. The van der Waals surface area contributed by atoms with Crippen molar-refractivity contribution in [2.75, 3.05) is 27.3 Å². The van der Waals surface area contributed by atoms with Gasteiger partial charge in [-0.25, -0.2) is 4.39 Å². The molecule has 0 saturated carbocycles.